The standard InChI is InChI=1S/C19H26O5/c1-8(2)17(21)23-13-7-19(4)6-10-15(13)16(24-18(10)22)14-9(3)12(20)5-11(14)19/h8,10-13,15-16,20H,5-7H2,1-4H3/t10-,11-,12?,13-,15-,16+,19+/m1/s1. The molecule has 1 heterocycles. The molecule has 1 N–H and O–H groups in total. The third-order valence-corrected chi connectivity index (χ3v) is 6.82. The van der Waals surface area contributed by atoms with Gasteiger partial charge in [0.1, 0.15) is 12.2 Å². The molecule has 0 spiro atoms. The zero-order chi connectivity index (χ0) is 17.4. The lowest BCUT2D eigenvalue weighted by Crippen LogP contribution is -2.45. The Kier molecular flexibility index (Phi) is 3.41. The summed E-state index contributed by atoms with van der Waals surface area (Å²) in [6.45, 7) is 7.79. The summed E-state index contributed by atoms with van der Waals surface area (Å²) in [6.07, 6.45) is 1.14. The molecular formula is C19H26O5. The van der Waals surface area contributed by atoms with E-state index >= 15 is 0 Å². The van der Waals surface area contributed by atoms with Gasteiger partial charge in [-0.2, -0.15) is 0 Å². The number of carbonyl (C=O) groups is 2. The van der Waals surface area contributed by atoms with E-state index in [4.69, 9.17) is 9.47 Å². The topological polar surface area (TPSA) is 72.8 Å². The molecule has 0 aromatic rings. The van der Waals surface area contributed by atoms with Crippen molar-refractivity contribution in [3.8, 4) is 0 Å². The fourth-order valence-corrected chi connectivity index (χ4v) is 5.55. The number of rotatable bonds is 2. The lowest BCUT2D eigenvalue weighted by atomic mass is 9.62. The van der Waals surface area contributed by atoms with E-state index in [1.165, 1.54) is 0 Å². The Hall–Kier alpha value is -1.36. The molecule has 5 aliphatic rings. The molecule has 4 bridgehead atoms. The zero-order valence-corrected chi connectivity index (χ0v) is 14.7. The maximum absolute atomic E-state index is 12.4. The predicted octanol–water partition coefficient (Wildman–Crippen LogP) is 2.22. The number of ether oxygens (including phenoxy) is 2. The molecule has 1 saturated heterocycles. The highest BCUT2D eigenvalue weighted by molar-refractivity contribution is 5.78. The van der Waals surface area contributed by atoms with Crippen molar-refractivity contribution in [3.63, 3.8) is 0 Å². The maximum Gasteiger partial charge on any atom is 0.310 e. The molecule has 5 nitrogen and oxygen atoms in total. The Morgan fingerprint density at radius 2 is 2.08 bits per heavy atom. The summed E-state index contributed by atoms with van der Waals surface area (Å²) in [4.78, 5) is 24.6. The Labute approximate surface area is 142 Å². The molecule has 4 fully saturated rings. The smallest absolute Gasteiger partial charge is 0.310 e. The minimum absolute atomic E-state index is 0.103. The van der Waals surface area contributed by atoms with E-state index in [9.17, 15) is 14.7 Å². The summed E-state index contributed by atoms with van der Waals surface area (Å²) in [6, 6.07) is 0. The van der Waals surface area contributed by atoms with Crippen LogP contribution >= 0.6 is 0 Å². The third kappa shape index (κ3) is 2.03. The van der Waals surface area contributed by atoms with Crippen molar-refractivity contribution >= 4 is 11.9 Å². The van der Waals surface area contributed by atoms with Crippen LogP contribution in [-0.2, 0) is 19.1 Å². The van der Waals surface area contributed by atoms with Gasteiger partial charge in [0.05, 0.1) is 23.9 Å². The average molecular weight is 334 g/mol. The van der Waals surface area contributed by atoms with Gasteiger partial charge in [-0.25, -0.2) is 0 Å². The molecule has 3 saturated carbocycles. The number of aliphatic hydroxyl groups excluding tert-OH is 1. The molecule has 1 unspecified atom stereocenters. The number of carbonyl (C=O) groups excluding carboxylic acids is 2. The highest BCUT2D eigenvalue weighted by Crippen LogP contribution is 2.63. The molecule has 0 radical (unpaired) electrons. The van der Waals surface area contributed by atoms with Crippen LogP contribution in [0.4, 0.5) is 0 Å². The van der Waals surface area contributed by atoms with Gasteiger partial charge < -0.3 is 14.6 Å². The first-order valence-electron chi connectivity index (χ1n) is 9.02. The normalized spacial score (nSPS) is 46.2. The fourth-order valence-electron chi connectivity index (χ4n) is 5.55. The second-order valence-corrected chi connectivity index (χ2v) is 8.68. The van der Waals surface area contributed by atoms with E-state index in [1.54, 1.807) is 0 Å². The van der Waals surface area contributed by atoms with E-state index in [0.29, 0.717) is 6.42 Å². The van der Waals surface area contributed by atoms with E-state index < -0.39 is 6.10 Å². The Morgan fingerprint density at radius 1 is 1.38 bits per heavy atom. The minimum Gasteiger partial charge on any atom is -0.462 e. The minimum atomic E-state index is -0.449. The molecule has 1 aliphatic heterocycles. The van der Waals surface area contributed by atoms with Crippen molar-refractivity contribution in [2.75, 3.05) is 0 Å². The first-order chi connectivity index (χ1) is 11.2. The number of hydrogen-bond donors (Lipinski definition) is 1. The molecule has 0 aromatic heterocycles. The van der Waals surface area contributed by atoms with Crippen LogP contribution in [0.25, 0.3) is 0 Å². The molecule has 4 aliphatic carbocycles. The second kappa shape index (κ2) is 5.07. The van der Waals surface area contributed by atoms with E-state index in [0.717, 1.165) is 24.0 Å². The molecule has 0 amide bonds. The Morgan fingerprint density at radius 3 is 2.75 bits per heavy atom. The molecule has 7 atom stereocenters. The highest BCUT2D eigenvalue weighted by atomic mass is 16.6. The first kappa shape index (κ1) is 16.1. The monoisotopic (exact) mass is 334 g/mol. The Balaban J connectivity index is 1.78. The van der Waals surface area contributed by atoms with Crippen molar-refractivity contribution in [1.82, 2.24) is 0 Å². The van der Waals surface area contributed by atoms with Crippen LogP contribution < -0.4 is 0 Å². The van der Waals surface area contributed by atoms with Crippen molar-refractivity contribution in [1.29, 1.82) is 0 Å². The van der Waals surface area contributed by atoms with Crippen molar-refractivity contribution in [2.45, 2.75) is 65.3 Å². The molecule has 5 heteroatoms. The van der Waals surface area contributed by atoms with Gasteiger partial charge in [0.15, 0.2) is 0 Å². The Bertz CT molecular complexity index is 636. The van der Waals surface area contributed by atoms with Crippen LogP contribution in [0.3, 0.4) is 0 Å². The molecular weight excluding hydrogens is 308 g/mol. The van der Waals surface area contributed by atoms with Crippen molar-refractivity contribution in [3.05, 3.63) is 11.1 Å². The van der Waals surface area contributed by atoms with Gasteiger partial charge in [0.25, 0.3) is 0 Å². The van der Waals surface area contributed by atoms with E-state index in [2.05, 4.69) is 6.92 Å². The maximum atomic E-state index is 12.4. The second-order valence-electron chi connectivity index (χ2n) is 8.68. The lowest BCUT2D eigenvalue weighted by molar-refractivity contribution is -0.163. The predicted molar refractivity (Wildman–Crippen MR) is 85.7 cm³/mol. The summed E-state index contributed by atoms with van der Waals surface area (Å²) in [5.41, 5.74) is 1.92. The third-order valence-electron chi connectivity index (χ3n) is 6.82. The summed E-state index contributed by atoms with van der Waals surface area (Å²) < 4.78 is 11.6. The number of fused-ring (bicyclic) bond motifs is 1. The SMILES string of the molecule is CC1=C2[C@@H](CC1O)[C@]1(C)C[C@@H](OC(=O)C(C)C)[C@H]3[C@@H](C1)C(=O)O[C@@H]23. The van der Waals surface area contributed by atoms with Crippen LogP contribution in [0.15, 0.2) is 11.1 Å². The number of aliphatic hydroxyl groups is 1. The lowest BCUT2D eigenvalue weighted by Gasteiger charge is -2.43. The fraction of sp³-hybridized carbons (Fsp3) is 0.789. The van der Waals surface area contributed by atoms with Crippen LogP contribution in [0.2, 0.25) is 0 Å². The van der Waals surface area contributed by atoms with Crippen molar-refractivity contribution < 1.29 is 24.2 Å². The number of esters is 2. The van der Waals surface area contributed by atoms with Gasteiger partial charge in [-0.3, -0.25) is 9.59 Å². The summed E-state index contributed by atoms with van der Waals surface area (Å²) in [7, 11) is 0. The molecule has 132 valence electrons. The summed E-state index contributed by atoms with van der Waals surface area (Å²) >= 11 is 0. The van der Waals surface area contributed by atoms with Crippen molar-refractivity contribution in [2.24, 2.45) is 29.1 Å². The van der Waals surface area contributed by atoms with Gasteiger partial charge in [-0.05, 0) is 48.7 Å². The summed E-state index contributed by atoms with van der Waals surface area (Å²) in [5, 5.41) is 10.4. The molecule has 0 aromatic carbocycles. The van der Waals surface area contributed by atoms with E-state index in [-0.39, 0.29) is 53.2 Å². The van der Waals surface area contributed by atoms with Gasteiger partial charge in [-0.1, -0.05) is 20.8 Å². The highest BCUT2D eigenvalue weighted by Gasteiger charge is 2.65. The quantitative estimate of drug-likeness (QED) is 0.619. The van der Waals surface area contributed by atoms with Crippen LogP contribution in [0.5, 0.6) is 0 Å². The largest absolute Gasteiger partial charge is 0.462 e. The van der Waals surface area contributed by atoms with Crippen LogP contribution in [-0.4, -0.2) is 35.4 Å². The van der Waals surface area contributed by atoms with Gasteiger partial charge in [0.2, 0.25) is 0 Å². The van der Waals surface area contributed by atoms with Crippen LogP contribution in [0, 0.1) is 29.1 Å². The van der Waals surface area contributed by atoms with Gasteiger partial charge in [0, 0.05) is 0 Å². The first-order valence-corrected chi connectivity index (χ1v) is 9.02. The van der Waals surface area contributed by atoms with Gasteiger partial charge >= 0.3 is 11.9 Å². The van der Waals surface area contributed by atoms with Gasteiger partial charge in [-0.15, -0.1) is 0 Å². The molecule has 24 heavy (non-hydrogen) atoms. The van der Waals surface area contributed by atoms with E-state index in [1.807, 2.05) is 20.8 Å². The molecule has 5 rings (SSSR count). The summed E-state index contributed by atoms with van der Waals surface area (Å²) in [5.74, 6) is -0.646. The average Bonchev–Trinajstić information content (AvgIpc) is 2.91. The van der Waals surface area contributed by atoms with Crippen LogP contribution in [0.1, 0.15) is 47.0 Å². The number of hydrogen-bond acceptors (Lipinski definition) is 5. The zero-order valence-electron chi connectivity index (χ0n) is 14.7.